The number of Topliss-reactive ketones (excluding diaryl/α,β-unsaturated/α-hetero) is 1. The number of rotatable bonds is 7. The summed E-state index contributed by atoms with van der Waals surface area (Å²) < 4.78 is 42.2. The lowest BCUT2D eigenvalue weighted by Crippen LogP contribution is -2.20. The molecule has 0 spiro atoms. The van der Waals surface area contributed by atoms with E-state index in [0.717, 1.165) is 6.42 Å². The topological polar surface area (TPSA) is 39.2 Å². The van der Waals surface area contributed by atoms with Gasteiger partial charge >= 0.3 is 6.18 Å². The van der Waals surface area contributed by atoms with E-state index in [1.165, 1.54) is 6.20 Å². The molecule has 0 aliphatic carbocycles. The molecule has 134 valence electrons. The molecule has 1 aromatic carbocycles. The van der Waals surface area contributed by atoms with Crippen molar-refractivity contribution < 1.29 is 22.7 Å². The summed E-state index contributed by atoms with van der Waals surface area (Å²) in [7, 11) is 0. The minimum absolute atomic E-state index is 0.0512. The minimum Gasteiger partial charge on any atom is -0.468 e. The van der Waals surface area contributed by atoms with Crippen molar-refractivity contribution in [2.45, 2.75) is 32.4 Å². The molecule has 2 aromatic rings. The molecule has 0 aliphatic heterocycles. The molecule has 0 N–H and O–H groups in total. The van der Waals surface area contributed by atoms with E-state index in [9.17, 15) is 18.0 Å². The summed E-state index contributed by atoms with van der Waals surface area (Å²) in [5.74, 6) is -0.0818. The molecule has 0 unspecified atom stereocenters. The van der Waals surface area contributed by atoms with Crippen LogP contribution in [-0.2, 0) is 11.2 Å². The fourth-order valence-electron chi connectivity index (χ4n) is 2.29. The van der Waals surface area contributed by atoms with E-state index < -0.39 is 12.8 Å². The first kappa shape index (κ1) is 19.2. The number of alkyl halides is 3. The first-order valence-electron chi connectivity index (χ1n) is 7.74. The summed E-state index contributed by atoms with van der Waals surface area (Å²) in [6.07, 6.45) is -1.72. The van der Waals surface area contributed by atoms with E-state index in [-0.39, 0.29) is 18.1 Å². The van der Waals surface area contributed by atoms with Gasteiger partial charge in [-0.15, -0.1) is 0 Å². The van der Waals surface area contributed by atoms with E-state index in [2.05, 4.69) is 4.98 Å². The van der Waals surface area contributed by atoms with Crippen LogP contribution in [0.4, 0.5) is 13.2 Å². The third-order valence-corrected chi connectivity index (χ3v) is 3.62. The molecule has 0 aliphatic rings. The van der Waals surface area contributed by atoms with Crippen LogP contribution in [0.25, 0.3) is 11.1 Å². The Morgan fingerprint density at radius 3 is 2.52 bits per heavy atom. The van der Waals surface area contributed by atoms with Crippen LogP contribution in [0.1, 0.15) is 25.3 Å². The second kappa shape index (κ2) is 8.34. The molecule has 1 heterocycles. The third kappa shape index (κ3) is 6.05. The molecular formula is C18H17ClF3NO2. The Morgan fingerprint density at radius 2 is 1.92 bits per heavy atom. The summed E-state index contributed by atoms with van der Waals surface area (Å²) in [6.45, 7) is 0.470. The zero-order valence-electron chi connectivity index (χ0n) is 13.6. The van der Waals surface area contributed by atoms with E-state index in [1.807, 2.05) is 6.92 Å². The van der Waals surface area contributed by atoms with Crippen molar-refractivity contribution in [1.29, 1.82) is 0 Å². The average molecular weight is 372 g/mol. The lowest BCUT2D eigenvalue weighted by molar-refractivity contribution is -0.154. The highest BCUT2D eigenvalue weighted by molar-refractivity contribution is 6.30. The fraction of sp³-hybridized carbons (Fsp3) is 0.333. The number of hydrogen-bond acceptors (Lipinski definition) is 3. The highest BCUT2D eigenvalue weighted by atomic mass is 35.5. The maximum absolute atomic E-state index is 12.4. The lowest BCUT2D eigenvalue weighted by atomic mass is 10.0. The summed E-state index contributed by atoms with van der Waals surface area (Å²) in [4.78, 5) is 15.8. The van der Waals surface area contributed by atoms with Gasteiger partial charge in [-0.3, -0.25) is 4.79 Å². The molecule has 25 heavy (non-hydrogen) atoms. The molecule has 1 aromatic heterocycles. The summed E-state index contributed by atoms with van der Waals surface area (Å²) in [5, 5.41) is 0.503. The highest BCUT2D eigenvalue weighted by Crippen LogP contribution is 2.31. The van der Waals surface area contributed by atoms with Crippen LogP contribution in [0.15, 0.2) is 36.5 Å². The van der Waals surface area contributed by atoms with Gasteiger partial charge < -0.3 is 4.74 Å². The Labute approximate surface area is 148 Å². The number of halogens is 4. The number of hydrogen-bond donors (Lipinski definition) is 0. The average Bonchev–Trinajstić information content (AvgIpc) is 2.54. The molecule has 0 atom stereocenters. The lowest BCUT2D eigenvalue weighted by Gasteiger charge is -2.13. The van der Waals surface area contributed by atoms with Crippen molar-refractivity contribution in [3.05, 3.63) is 47.1 Å². The Hall–Kier alpha value is -2.08. The first-order valence-corrected chi connectivity index (χ1v) is 8.12. The molecule has 0 bridgehead atoms. The monoisotopic (exact) mass is 371 g/mol. The molecular weight excluding hydrogens is 355 g/mol. The molecule has 0 saturated heterocycles. The molecule has 0 radical (unpaired) electrons. The number of carbonyl (C=O) groups is 1. The number of aromatic nitrogens is 1. The second-order valence-electron chi connectivity index (χ2n) is 5.57. The SMILES string of the molecule is CCCC(=O)Cc1cnc(OCC(F)(F)F)c(-c2ccc(Cl)cc2)c1. The van der Waals surface area contributed by atoms with Crippen LogP contribution in [0.5, 0.6) is 5.88 Å². The standard InChI is InChI=1S/C18H17ClF3NO2/c1-2-3-15(24)8-12-9-16(13-4-6-14(19)7-5-13)17(23-10-12)25-11-18(20,21)22/h4-7,9-10H,2-3,8,11H2,1H3. The molecule has 7 heteroatoms. The van der Waals surface area contributed by atoms with Gasteiger partial charge in [-0.05, 0) is 35.7 Å². The van der Waals surface area contributed by atoms with Crippen LogP contribution in [0.3, 0.4) is 0 Å². The van der Waals surface area contributed by atoms with Crippen molar-refractivity contribution in [3.8, 4) is 17.0 Å². The Balaban J connectivity index is 2.34. The number of pyridine rings is 1. The predicted molar refractivity (Wildman–Crippen MR) is 89.9 cm³/mol. The maximum atomic E-state index is 12.4. The predicted octanol–water partition coefficient (Wildman–Crippen LogP) is 5.25. The maximum Gasteiger partial charge on any atom is 0.422 e. The van der Waals surface area contributed by atoms with Crippen LogP contribution < -0.4 is 4.74 Å². The number of benzene rings is 1. The largest absolute Gasteiger partial charge is 0.468 e. The van der Waals surface area contributed by atoms with E-state index in [1.54, 1.807) is 30.3 Å². The Kier molecular flexibility index (Phi) is 6.42. The molecule has 2 rings (SSSR count). The van der Waals surface area contributed by atoms with Crippen molar-refractivity contribution in [2.75, 3.05) is 6.61 Å². The third-order valence-electron chi connectivity index (χ3n) is 3.37. The van der Waals surface area contributed by atoms with Gasteiger partial charge in [0.05, 0.1) is 0 Å². The van der Waals surface area contributed by atoms with Gasteiger partial charge in [-0.1, -0.05) is 30.7 Å². The molecule has 0 amide bonds. The summed E-state index contributed by atoms with van der Waals surface area (Å²) in [5.41, 5.74) is 1.63. The van der Waals surface area contributed by atoms with Crippen LogP contribution >= 0.6 is 11.6 Å². The summed E-state index contributed by atoms with van der Waals surface area (Å²) >= 11 is 5.85. The molecule has 0 fully saturated rings. The van der Waals surface area contributed by atoms with Gasteiger partial charge in [0.2, 0.25) is 5.88 Å². The Bertz CT molecular complexity index is 730. The quantitative estimate of drug-likeness (QED) is 0.666. The van der Waals surface area contributed by atoms with Gasteiger partial charge in [0, 0.05) is 29.6 Å². The van der Waals surface area contributed by atoms with Gasteiger partial charge in [0.15, 0.2) is 6.61 Å². The van der Waals surface area contributed by atoms with Gasteiger partial charge in [0.1, 0.15) is 5.78 Å². The zero-order valence-corrected chi connectivity index (χ0v) is 14.3. The van der Waals surface area contributed by atoms with Crippen LogP contribution in [0.2, 0.25) is 5.02 Å². The van der Waals surface area contributed by atoms with Crippen molar-refractivity contribution in [3.63, 3.8) is 0 Å². The van der Waals surface area contributed by atoms with Crippen molar-refractivity contribution in [1.82, 2.24) is 4.98 Å². The van der Waals surface area contributed by atoms with Crippen LogP contribution in [0, 0.1) is 0 Å². The molecule has 3 nitrogen and oxygen atoms in total. The first-order chi connectivity index (χ1) is 11.8. The van der Waals surface area contributed by atoms with Crippen molar-refractivity contribution in [2.24, 2.45) is 0 Å². The van der Waals surface area contributed by atoms with Crippen LogP contribution in [-0.4, -0.2) is 23.6 Å². The smallest absolute Gasteiger partial charge is 0.422 e. The van der Waals surface area contributed by atoms with Gasteiger partial charge in [-0.25, -0.2) is 4.98 Å². The van der Waals surface area contributed by atoms with Gasteiger partial charge in [-0.2, -0.15) is 13.2 Å². The number of ketones is 1. The Morgan fingerprint density at radius 1 is 1.24 bits per heavy atom. The summed E-state index contributed by atoms with van der Waals surface area (Å²) in [6, 6.07) is 8.21. The van der Waals surface area contributed by atoms with E-state index in [4.69, 9.17) is 16.3 Å². The number of ether oxygens (including phenoxy) is 1. The normalized spacial score (nSPS) is 11.4. The van der Waals surface area contributed by atoms with Crippen molar-refractivity contribution >= 4 is 17.4 Å². The van der Waals surface area contributed by atoms with E-state index in [0.29, 0.717) is 28.1 Å². The molecule has 0 saturated carbocycles. The van der Waals surface area contributed by atoms with E-state index >= 15 is 0 Å². The highest BCUT2D eigenvalue weighted by Gasteiger charge is 2.29. The number of carbonyl (C=O) groups excluding carboxylic acids is 1. The second-order valence-corrected chi connectivity index (χ2v) is 6.01. The van der Waals surface area contributed by atoms with Gasteiger partial charge in [0.25, 0.3) is 0 Å². The minimum atomic E-state index is -4.46. The fourth-order valence-corrected chi connectivity index (χ4v) is 2.41. The number of nitrogens with zero attached hydrogens (tertiary/aromatic N) is 1. The zero-order chi connectivity index (χ0) is 18.4.